The Morgan fingerprint density at radius 3 is 1.97 bits per heavy atom. The van der Waals surface area contributed by atoms with Crippen molar-refractivity contribution in [2.45, 2.75) is 116 Å². The lowest BCUT2D eigenvalue weighted by molar-refractivity contribution is -0.780. The Balaban J connectivity index is 1.97. The summed E-state index contributed by atoms with van der Waals surface area (Å²) >= 11 is 0. The fourth-order valence-electron chi connectivity index (χ4n) is 4.51. The van der Waals surface area contributed by atoms with Crippen molar-refractivity contribution >= 4 is 11.8 Å². The molecule has 32 heavy (non-hydrogen) atoms. The van der Waals surface area contributed by atoms with Crippen LogP contribution in [0.5, 0.6) is 0 Å². The zero-order chi connectivity index (χ0) is 23.3. The van der Waals surface area contributed by atoms with Crippen molar-refractivity contribution in [2.75, 3.05) is 19.6 Å². The van der Waals surface area contributed by atoms with E-state index >= 15 is 0 Å². The summed E-state index contributed by atoms with van der Waals surface area (Å²) in [5.74, 6) is -0.154. The largest absolute Gasteiger partial charge is 0.544 e. The van der Waals surface area contributed by atoms with Crippen LogP contribution in [-0.4, -0.2) is 35.9 Å². The van der Waals surface area contributed by atoms with E-state index in [1.54, 1.807) is 6.20 Å². The molecule has 0 fully saturated rings. The van der Waals surface area contributed by atoms with Gasteiger partial charge in [-0.3, -0.25) is 0 Å². The van der Waals surface area contributed by atoms with Crippen LogP contribution in [0, 0.1) is 0 Å². The van der Waals surface area contributed by atoms with Crippen LogP contribution < -0.4 is 10.8 Å². The molecule has 0 amide bonds. The molecule has 0 aromatic carbocycles. The number of hydrogen-bond acceptors (Lipinski definition) is 4. The number of unbranched alkanes of at least 4 members (excludes halogenated alkanes) is 14. The van der Waals surface area contributed by atoms with E-state index in [-0.39, 0.29) is 11.0 Å². The maximum Gasteiger partial charge on any atom is 0.207 e. The number of aliphatic imine (C=N–C) groups is 1. The number of carbonyl (C=O) groups excluding carboxylic acids is 1. The molecule has 0 spiro atoms. The van der Waals surface area contributed by atoms with Gasteiger partial charge in [-0.15, -0.1) is 0 Å². The first-order valence-corrected chi connectivity index (χ1v) is 13.3. The number of amidine groups is 1. The smallest absolute Gasteiger partial charge is 0.207 e. The Labute approximate surface area is 197 Å². The van der Waals surface area contributed by atoms with Crippen molar-refractivity contribution in [3.8, 4) is 0 Å². The van der Waals surface area contributed by atoms with E-state index in [4.69, 9.17) is 5.73 Å². The average molecular weight is 448 g/mol. The Kier molecular flexibility index (Phi) is 17.0. The van der Waals surface area contributed by atoms with Gasteiger partial charge in [-0.1, -0.05) is 89.7 Å². The summed E-state index contributed by atoms with van der Waals surface area (Å²) < 4.78 is 0.230. The molecule has 0 aromatic rings. The SMILES string of the molecule is CCCCCCCCCCCCCC/C=C/CCCCC1=NC=C[N+]1(CCN)CC(=O)[O-]. The lowest BCUT2D eigenvalue weighted by atomic mass is 10.0. The minimum absolute atomic E-state index is 0.0779. The number of hydrogen-bond donors (Lipinski definition) is 1. The molecule has 0 aromatic heterocycles. The molecule has 184 valence electrons. The van der Waals surface area contributed by atoms with Crippen LogP contribution in [0.2, 0.25) is 0 Å². The van der Waals surface area contributed by atoms with Gasteiger partial charge in [0.15, 0.2) is 0 Å². The molecule has 0 saturated heterocycles. The summed E-state index contributed by atoms with van der Waals surface area (Å²) in [5, 5.41) is 11.2. The standard InChI is InChI=1S/C27H49N3O2/c1-2-3-4-5-6-7-8-9-10-11-12-13-14-15-16-17-18-19-20-26-29-22-24-30(26,23-21-28)25-27(31)32/h15-16,22,24H,2-14,17-21,23,25,28H2,1H3/b16-15+. The molecule has 5 nitrogen and oxygen atoms in total. The number of carboxylic acids is 1. The third kappa shape index (κ3) is 13.2. The normalized spacial score (nSPS) is 18.0. The molecule has 2 N–H and O–H groups in total. The number of nitrogens with two attached hydrogens (primary N) is 1. The maximum absolute atomic E-state index is 11.2. The first kappa shape index (κ1) is 28.6. The van der Waals surface area contributed by atoms with E-state index in [1.807, 2.05) is 6.20 Å². The molecule has 5 heteroatoms. The monoisotopic (exact) mass is 447 g/mol. The van der Waals surface area contributed by atoms with Crippen molar-refractivity contribution in [3.05, 3.63) is 24.6 Å². The van der Waals surface area contributed by atoms with Crippen LogP contribution >= 0.6 is 0 Å². The fourth-order valence-corrected chi connectivity index (χ4v) is 4.51. The van der Waals surface area contributed by atoms with E-state index < -0.39 is 5.97 Å². The van der Waals surface area contributed by atoms with E-state index in [0.717, 1.165) is 31.5 Å². The molecule has 1 rings (SSSR count). The lowest BCUT2D eigenvalue weighted by Gasteiger charge is -2.32. The Bertz CT molecular complexity index is 571. The second-order valence-electron chi connectivity index (χ2n) is 9.31. The summed E-state index contributed by atoms with van der Waals surface area (Å²) in [4.78, 5) is 15.6. The van der Waals surface area contributed by atoms with Crippen molar-refractivity contribution < 1.29 is 14.4 Å². The third-order valence-electron chi connectivity index (χ3n) is 6.44. The van der Waals surface area contributed by atoms with Gasteiger partial charge in [0.05, 0.1) is 12.2 Å². The van der Waals surface area contributed by atoms with Gasteiger partial charge in [-0.2, -0.15) is 0 Å². The van der Waals surface area contributed by atoms with Gasteiger partial charge in [0, 0.05) is 13.0 Å². The van der Waals surface area contributed by atoms with Gasteiger partial charge >= 0.3 is 0 Å². The van der Waals surface area contributed by atoms with Crippen molar-refractivity contribution in [1.82, 2.24) is 0 Å². The lowest BCUT2D eigenvalue weighted by Crippen LogP contribution is -2.55. The minimum atomic E-state index is -1.06. The highest BCUT2D eigenvalue weighted by molar-refractivity contribution is 5.80. The van der Waals surface area contributed by atoms with Crippen molar-refractivity contribution in [2.24, 2.45) is 10.7 Å². The summed E-state index contributed by atoms with van der Waals surface area (Å²) in [6.07, 6.45) is 30.1. The highest BCUT2D eigenvalue weighted by Gasteiger charge is 2.34. The molecular formula is C27H49N3O2. The Morgan fingerprint density at radius 1 is 0.906 bits per heavy atom. The molecule has 1 aliphatic heterocycles. The molecule has 0 saturated carbocycles. The van der Waals surface area contributed by atoms with Crippen molar-refractivity contribution in [1.29, 1.82) is 0 Å². The first-order valence-electron chi connectivity index (χ1n) is 13.3. The molecule has 0 radical (unpaired) electrons. The number of carbonyl (C=O) groups is 1. The van der Waals surface area contributed by atoms with Gasteiger partial charge in [-0.25, -0.2) is 9.48 Å². The number of rotatable bonds is 22. The number of quaternary nitrogens is 1. The fraction of sp³-hybridized carbons (Fsp3) is 0.778. The van der Waals surface area contributed by atoms with Gasteiger partial charge < -0.3 is 15.6 Å². The van der Waals surface area contributed by atoms with Crippen LogP contribution in [0.3, 0.4) is 0 Å². The van der Waals surface area contributed by atoms with E-state index in [1.165, 1.54) is 83.5 Å². The predicted molar refractivity (Wildman–Crippen MR) is 134 cm³/mol. The zero-order valence-corrected chi connectivity index (χ0v) is 20.7. The second-order valence-corrected chi connectivity index (χ2v) is 9.31. The van der Waals surface area contributed by atoms with Gasteiger partial charge in [-0.05, 0) is 32.1 Å². The van der Waals surface area contributed by atoms with Gasteiger partial charge in [0.2, 0.25) is 5.84 Å². The zero-order valence-electron chi connectivity index (χ0n) is 20.7. The van der Waals surface area contributed by atoms with Crippen LogP contribution in [0.1, 0.15) is 116 Å². The van der Waals surface area contributed by atoms with Crippen LogP contribution in [0.15, 0.2) is 29.5 Å². The molecule has 0 bridgehead atoms. The highest BCUT2D eigenvalue weighted by Crippen LogP contribution is 2.20. The summed E-state index contributed by atoms with van der Waals surface area (Å²) in [6, 6.07) is 0. The Morgan fingerprint density at radius 2 is 1.44 bits per heavy atom. The number of allylic oxidation sites excluding steroid dienone is 2. The Hall–Kier alpha value is -1.46. The highest BCUT2D eigenvalue weighted by atomic mass is 16.4. The van der Waals surface area contributed by atoms with E-state index in [2.05, 4.69) is 24.1 Å². The number of carboxylic acid groups (broad SMARTS) is 1. The molecule has 1 atom stereocenters. The minimum Gasteiger partial charge on any atom is -0.544 e. The second kappa shape index (κ2) is 19.0. The van der Waals surface area contributed by atoms with E-state index in [0.29, 0.717) is 13.1 Å². The summed E-state index contributed by atoms with van der Waals surface area (Å²) in [7, 11) is 0. The third-order valence-corrected chi connectivity index (χ3v) is 6.44. The maximum atomic E-state index is 11.2. The summed E-state index contributed by atoms with van der Waals surface area (Å²) in [5.41, 5.74) is 5.70. The number of nitrogens with zero attached hydrogens (tertiary/aromatic N) is 2. The molecular weight excluding hydrogens is 398 g/mol. The van der Waals surface area contributed by atoms with Gasteiger partial charge in [0.1, 0.15) is 19.3 Å². The van der Waals surface area contributed by atoms with Crippen LogP contribution in [0.25, 0.3) is 0 Å². The predicted octanol–water partition coefficient (Wildman–Crippen LogP) is 5.60. The topological polar surface area (TPSA) is 78.5 Å². The van der Waals surface area contributed by atoms with Crippen LogP contribution in [0.4, 0.5) is 0 Å². The summed E-state index contributed by atoms with van der Waals surface area (Å²) in [6.45, 7) is 3.19. The average Bonchev–Trinajstić information content (AvgIpc) is 3.14. The van der Waals surface area contributed by atoms with Crippen molar-refractivity contribution in [3.63, 3.8) is 0 Å². The van der Waals surface area contributed by atoms with E-state index in [9.17, 15) is 9.90 Å². The molecule has 1 unspecified atom stereocenters. The molecule has 0 aliphatic carbocycles. The molecule has 1 aliphatic rings. The quantitative estimate of drug-likeness (QED) is 0.133. The van der Waals surface area contributed by atoms with Crippen LogP contribution in [-0.2, 0) is 4.79 Å². The number of aliphatic carboxylic acids is 1. The first-order chi connectivity index (χ1) is 15.6. The molecule has 1 heterocycles. The van der Waals surface area contributed by atoms with Gasteiger partial charge in [0.25, 0.3) is 0 Å².